The zero-order chi connectivity index (χ0) is 16.9. The highest BCUT2D eigenvalue weighted by Crippen LogP contribution is 2.17. The Balaban J connectivity index is 2.07. The summed E-state index contributed by atoms with van der Waals surface area (Å²) in [7, 11) is 0. The van der Waals surface area contributed by atoms with Crippen molar-refractivity contribution in [1.82, 2.24) is 5.32 Å². The summed E-state index contributed by atoms with van der Waals surface area (Å²) >= 11 is 0. The Kier molecular flexibility index (Phi) is 5.43. The highest BCUT2D eigenvalue weighted by molar-refractivity contribution is 5.94. The third-order valence-electron chi connectivity index (χ3n) is 3.56. The van der Waals surface area contributed by atoms with Gasteiger partial charge in [0.2, 0.25) is 0 Å². The van der Waals surface area contributed by atoms with Gasteiger partial charge in [0, 0.05) is 23.3 Å². The van der Waals surface area contributed by atoms with Gasteiger partial charge in [-0.15, -0.1) is 0 Å². The summed E-state index contributed by atoms with van der Waals surface area (Å²) < 4.78 is 0. The Labute approximate surface area is 139 Å². The summed E-state index contributed by atoms with van der Waals surface area (Å²) in [5.41, 5.74) is 4.01. The van der Waals surface area contributed by atoms with Gasteiger partial charge in [0.15, 0.2) is 0 Å². The highest BCUT2D eigenvalue weighted by Gasteiger charge is 2.15. The molecule has 0 atom stereocenters. The van der Waals surface area contributed by atoms with Crippen LogP contribution in [0.3, 0.4) is 0 Å². The van der Waals surface area contributed by atoms with Gasteiger partial charge in [0.1, 0.15) is 0 Å². The first kappa shape index (κ1) is 17.1. The molecular weight excluding hydrogens is 284 g/mol. The Bertz CT molecular complexity index is 671. The summed E-state index contributed by atoms with van der Waals surface area (Å²) in [4.78, 5) is 12.3. The molecule has 2 aromatic rings. The molecule has 0 fully saturated rings. The van der Waals surface area contributed by atoms with E-state index in [4.69, 9.17) is 0 Å². The molecule has 0 spiro atoms. The lowest BCUT2D eigenvalue weighted by atomic mass is 10.1. The number of amides is 1. The van der Waals surface area contributed by atoms with E-state index in [1.807, 2.05) is 51.1 Å². The van der Waals surface area contributed by atoms with Gasteiger partial charge >= 0.3 is 0 Å². The molecular formula is C20H26N2O. The van der Waals surface area contributed by atoms with Crippen LogP contribution >= 0.6 is 0 Å². The fourth-order valence-electron chi connectivity index (χ4n) is 2.43. The van der Waals surface area contributed by atoms with E-state index in [2.05, 4.69) is 35.8 Å². The third kappa shape index (κ3) is 5.13. The topological polar surface area (TPSA) is 41.1 Å². The number of hydrogen-bond acceptors (Lipinski definition) is 2. The van der Waals surface area contributed by atoms with E-state index in [-0.39, 0.29) is 11.4 Å². The van der Waals surface area contributed by atoms with Crippen LogP contribution in [0.2, 0.25) is 0 Å². The SMILES string of the molecule is CCc1ccccc1NCc1cccc(C(=O)NC(C)(C)C)c1. The van der Waals surface area contributed by atoms with Crippen molar-refractivity contribution in [1.29, 1.82) is 0 Å². The molecule has 0 saturated heterocycles. The average molecular weight is 310 g/mol. The number of benzene rings is 2. The smallest absolute Gasteiger partial charge is 0.251 e. The van der Waals surface area contributed by atoms with E-state index in [0.29, 0.717) is 12.1 Å². The Morgan fingerprint density at radius 2 is 1.78 bits per heavy atom. The average Bonchev–Trinajstić information content (AvgIpc) is 2.52. The largest absolute Gasteiger partial charge is 0.381 e. The molecule has 0 heterocycles. The van der Waals surface area contributed by atoms with E-state index in [1.165, 1.54) is 5.56 Å². The van der Waals surface area contributed by atoms with Gasteiger partial charge in [-0.3, -0.25) is 4.79 Å². The van der Waals surface area contributed by atoms with Gasteiger partial charge < -0.3 is 10.6 Å². The summed E-state index contributed by atoms with van der Waals surface area (Å²) in [6.45, 7) is 8.81. The van der Waals surface area contributed by atoms with Crippen molar-refractivity contribution >= 4 is 11.6 Å². The van der Waals surface area contributed by atoms with Crippen molar-refractivity contribution in [2.45, 2.75) is 46.2 Å². The van der Waals surface area contributed by atoms with Crippen molar-refractivity contribution < 1.29 is 4.79 Å². The molecule has 0 aliphatic heterocycles. The van der Waals surface area contributed by atoms with Crippen LogP contribution in [0.1, 0.15) is 49.2 Å². The number of carbonyl (C=O) groups is 1. The van der Waals surface area contributed by atoms with E-state index >= 15 is 0 Å². The number of rotatable bonds is 5. The van der Waals surface area contributed by atoms with Crippen LogP contribution in [0.5, 0.6) is 0 Å². The summed E-state index contributed by atoms with van der Waals surface area (Å²) in [6, 6.07) is 16.1. The molecule has 1 amide bonds. The Morgan fingerprint density at radius 1 is 1.04 bits per heavy atom. The van der Waals surface area contributed by atoms with E-state index in [9.17, 15) is 4.79 Å². The van der Waals surface area contributed by atoms with Crippen molar-refractivity contribution in [3.63, 3.8) is 0 Å². The predicted octanol–water partition coefficient (Wildman–Crippen LogP) is 4.39. The van der Waals surface area contributed by atoms with Crippen LogP contribution < -0.4 is 10.6 Å². The molecule has 3 nitrogen and oxygen atoms in total. The molecule has 122 valence electrons. The van der Waals surface area contributed by atoms with Crippen LogP contribution in [0.25, 0.3) is 0 Å². The van der Waals surface area contributed by atoms with Crippen molar-refractivity contribution in [3.05, 3.63) is 65.2 Å². The Morgan fingerprint density at radius 3 is 2.48 bits per heavy atom. The molecule has 0 unspecified atom stereocenters. The number of aryl methyl sites for hydroxylation is 1. The Hall–Kier alpha value is -2.29. The monoisotopic (exact) mass is 310 g/mol. The molecule has 3 heteroatoms. The van der Waals surface area contributed by atoms with E-state index in [1.54, 1.807) is 0 Å². The molecule has 0 saturated carbocycles. The lowest BCUT2D eigenvalue weighted by Gasteiger charge is -2.20. The van der Waals surface area contributed by atoms with Crippen LogP contribution in [0.15, 0.2) is 48.5 Å². The first-order chi connectivity index (χ1) is 10.9. The van der Waals surface area contributed by atoms with Crippen LogP contribution in [-0.4, -0.2) is 11.4 Å². The minimum absolute atomic E-state index is 0.0340. The van der Waals surface area contributed by atoms with Crippen LogP contribution in [0.4, 0.5) is 5.69 Å². The number of nitrogens with one attached hydrogen (secondary N) is 2. The first-order valence-corrected chi connectivity index (χ1v) is 8.12. The van der Waals surface area contributed by atoms with Gasteiger partial charge in [0.25, 0.3) is 5.91 Å². The van der Waals surface area contributed by atoms with Crippen molar-refractivity contribution in [2.75, 3.05) is 5.32 Å². The fraction of sp³-hybridized carbons (Fsp3) is 0.350. The number of para-hydroxylation sites is 1. The van der Waals surface area contributed by atoms with Gasteiger partial charge in [0.05, 0.1) is 0 Å². The lowest BCUT2D eigenvalue weighted by Crippen LogP contribution is -2.40. The maximum atomic E-state index is 12.3. The lowest BCUT2D eigenvalue weighted by molar-refractivity contribution is 0.0919. The standard InChI is InChI=1S/C20H26N2O/c1-5-16-10-6-7-12-18(16)21-14-15-9-8-11-17(13-15)19(23)22-20(2,3)4/h6-13,21H,5,14H2,1-4H3,(H,22,23). The number of anilines is 1. The van der Waals surface area contributed by atoms with Gasteiger partial charge in [-0.1, -0.05) is 37.3 Å². The predicted molar refractivity (Wildman–Crippen MR) is 96.8 cm³/mol. The molecule has 0 aliphatic rings. The first-order valence-electron chi connectivity index (χ1n) is 8.12. The number of carbonyl (C=O) groups excluding carboxylic acids is 1. The summed E-state index contributed by atoms with van der Waals surface area (Å²) in [6.07, 6.45) is 0.997. The third-order valence-corrected chi connectivity index (χ3v) is 3.56. The normalized spacial score (nSPS) is 11.1. The zero-order valence-electron chi connectivity index (χ0n) is 14.4. The summed E-state index contributed by atoms with van der Waals surface area (Å²) in [5, 5.41) is 6.46. The second-order valence-corrected chi connectivity index (χ2v) is 6.77. The molecule has 0 aliphatic carbocycles. The maximum Gasteiger partial charge on any atom is 0.251 e. The molecule has 2 rings (SSSR count). The molecule has 0 radical (unpaired) electrons. The molecule has 23 heavy (non-hydrogen) atoms. The second kappa shape index (κ2) is 7.32. The highest BCUT2D eigenvalue weighted by atomic mass is 16.1. The number of hydrogen-bond donors (Lipinski definition) is 2. The maximum absolute atomic E-state index is 12.3. The van der Waals surface area contributed by atoms with Crippen molar-refractivity contribution in [3.8, 4) is 0 Å². The second-order valence-electron chi connectivity index (χ2n) is 6.77. The molecule has 2 aromatic carbocycles. The quantitative estimate of drug-likeness (QED) is 0.860. The zero-order valence-corrected chi connectivity index (χ0v) is 14.4. The van der Waals surface area contributed by atoms with Gasteiger partial charge in [-0.25, -0.2) is 0 Å². The minimum Gasteiger partial charge on any atom is -0.381 e. The van der Waals surface area contributed by atoms with Gasteiger partial charge in [-0.2, -0.15) is 0 Å². The molecule has 2 N–H and O–H groups in total. The molecule has 0 bridgehead atoms. The van der Waals surface area contributed by atoms with Crippen molar-refractivity contribution in [2.24, 2.45) is 0 Å². The van der Waals surface area contributed by atoms with E-state index in [0.717, 1.165) is 17.7 Å². The van der Waals surface area contributed by atoms with E-state index < -0.39 is 0 Å². The van der Waals surface area contributed by atoms with Crippen LogP contribution in [-0.2, 0) is 13.0 Å². The summed E-state index contributed by atoms with van der Waals surface area (Å²) in [5.74, 6) is -0.0340. The molecule has 0 aromatic heterocycles. The minimum atomic E-state index is -0.231. The van der Waals surface area contributed by atoms with Gasteiger partial charge in [-0.05, 0) is 56.5 Å². The van der Waals surface area contributed by atoms with Crippen LogP contribution in [0, 0.1) is 0 Å². The fourth-order valence-corrected chi connectivity index (χ4v) is 2.43.